The number of rotatable bonds is 2. The van der Waals surface area contributed by atoms with E-state index in [1.807, 2.05) is 20.8 Å². The van der Waals surface area contributed by atoms with Crippen LogP contribution in [0, 0.1) is 18.2 Å². The number of nitrogens with two attached hydrogens (primary N) is 1. The zero-order valence-corrected chi connectivity index (χ0v) is 12.1. The normalized spacial score (nSPS) is 13.5. The molecule has 1 rings (SSSR count). The Morgan fingerprint density at radius 1 is 1.41 bits per heavy atom. The van der Waals surface area contributed by atoms with Gasteiger partial charge in [-0.3, -0.25) is 4.79 Å². The van der Waals surface area contributed by atoms with Gasteiger partial charge in [0.15, 0.2) is 0 Å². The molecule has 94 valence electrons. The molecule has 0 spiro atoms. The van der Waals surface area contributed by atoms with Gasteiger partial charge in [-0.15, -0.1) is 0 Å². The van der Waals surface area contributed by atoms with E-state index in [1.165, 1.54) is 0 Å². The molecule has 17 heavy (non-hydrogen) atoms. The van der Waals surface area contributed by atoms with E-state index in [1.54, 1.807) is 19.1 Å². The highest BCUT2D eigenvalue weighted by atomic mass is 79.9. The van der Waals surface area contributed by atoms with Gasteiger partial charge in [0.1, 0.15) is 5.82 Å². The van der Waals surface area contributed by atoms with Crippen molar-refractivity contribution in [3.8, 4) is 0 Å². The third-order valence-corrected chi connectivity index (χ3v) is 3.46. The Balaban J connectivity index is 3.40. The molecule has 1 unspecified atom stereocenters. The molecule has 1 aromatic carbocycles. The molecule has 0 aliphatic carbocycles. The lowest BCUT2D eigenvalue weighted by Crippen LogP contribution is -2.32. The number of benzene rings is 1. The van der Waals surface area contributed by atoms with Crippen LogP contribution in [0.15, 0.2) is 16.6 Å². The van der Waals surface area contributed by atoms with Crippen LogP contribution in [0.5, 0.6) is 0 Å². The molecular formula is C13H17BrFNO. The zero-order chi connectivity index (χ0) is 13.4. The lowest BCUT2D eigenvalue weighted by atomic mass is 9.75. The molecule has 0 aliphatic rings. The van der Waals surface area contributed by atoms with Crippen LogP contribution in [0.3, 0.4) is 0 Å². The second kappa shape index (κ2) is 4.77. The summed E-state index contributed by atoms with van der Waals surface area (Å²) in [7, 11) is 0. The zero-order valence-electron chi connectivity index (χ0n) is 10.5. The molecule has 0 bridgehead atoms. The fraction of sp³-hybridized carbons (Fsp3) is 0.462. The number of carbonyl (C=O) groups excluding carboxylic acids is 1. The smallest absolute Gasteiger partial charge is 0.225 e. The third-order valence-electron chi connectivity index (χ3n) is 2.84. The number of hydrogen-bond acceptors (Lipinski definition) is 1. The molecule has 0 saturated carbocycles. The quantitative estimate of drug-likeness (QED) is 0.892. The summed E-state index contributed by atoms with van der Waals surface area (Å²) in [6.07, 6.45) is 0. The Labute approximate surface area is 110 Å². The first-order valence-electron chi connectivity index (χ1n) is 5.40. The molecule has 2 N–H and O–H groups in total. The molecule has 4 heteroatoms. The maximum absolute atomic E-state index is 13.8. The average molecular weight is 302 g/mol. The molecule has 0 saturated heterocycles. The second-order valence-electron chi connectivity index (χ2n) is 5.28. The third kappa shape index (κ3) is 2.86. The molecular weight excluding hydrogens is 285 g/mol. The SMILES string of the molecule is Cc1c(C(C(N)=O)C(C)(C)C)ccc(Br)c1F. The first-order chi connectivity index (χ1) is 7.66. The minimum absolute atomic E-state index is 0.335. The standard InChI is InChI=1S/C13H17BrFNO/c1-7-8(5-6-9(14)11(7)15)10(12(16)17)13(2,3)4/h5-6,10H,1-4H3,(H2,16,17). The van der Waals surface area contributed by atoms with Crippen LogP contribution in [0.25, 0.3) is 0 Å². The minimum Gasteiger partial charge on any atom is -0.369 e. The topological polar surface area (TPSA) is 43.1 Å². The van der Waals surface area contributed by atoms with E-state index in [0.717, 1.165) is 0 Å². The van der Waals surface area contributed by atoms with Crippen molar-refractivity contribution >= 4 is 21.8 Å². The van der Waals surface area contributed by atoms with E-state index < -0.39 is 11.8 Å². The van der Waals surface area contributed by atoms with Crippen molar-refractivity contribution in [3.05, 3.63) is 33.5 Å². The van der Waals surface area contributed by atoms with Crippen molar-refractivity contribution in [1.82, 2.24) is 0 Å². The fourth-order valence-electron chi connectivity index (χ4n) is 2.03. The molecule has 0 fully saturated rings. The summed E-state index contributed by atoms with van der Waals surface area (Å²) in [6, 6.07) is 3.36. The summed E-state index contributed by atoms with van der Waals surface area (Å²) < 4.78 is 14.2. The first-order valence-corrected chi connectivity index (χ1v) is 6.19. The van der Waals surface area contributed by atoms with Crippen LogP contribution in [0.2, 0.25) is 0 Å². The highest BCUT2D eigenvalue weighted by Crippen LogP contribution is 2.38. The van der Waals surface area contributed by atoms with Crippen molar-refractivity contribution in [2.75, 3.05) is 0 Å². The summed E-state index contributed by atoms with van der Waals surface area (Å²) in [6.45, 7) is 7.42. The average Bonchev–Trinajstić information content (AvgIpc) is 2.16. The summed E-state index contributed by atoms with van der Waals surface area (Å²) in [5.74, 6) is -1.26. The predicted octanol–water partition coefficient (Wildman–Crippen LogP) is 3.51. The highest BCUT2D eigenvalue weighted by molar-refractivity contribution is 9.10. The number of primary amides is 1. The molecule has 1 aromatic rings. The highest BCUT2D eigenvalue weighted by Gasteiger charge is 2.33. The fourth-order valence-corrected chi connectivity index (χ4v) is 2.46. The van der Waals surface area contributed by atoms with Crippen molar-refractivity contribution in [3.63, 3.8) is 0 Å². The van der Waals surface area contributed by atoms with E-state index >= 15 is 0 Å². The largest absolute Gasteiger partial charge is 0.369 e. The van der Waals surface area contributed by atoms with Crippen molar-refractivity contribution in [1.29, 1.82) is 0 Å². The van der Waals surface area contributed by atoms with Crippen LogP contribution >= 0.6 is 15.9 Å². The molecule has 2 nitrogen and oxygen atoms in total. The minimum atomic E-state index is -0.495. The van der Waals surface area contributed by atoms with Crippen LogP contribution in [0.4, 0.5) is 4.39 Å². The Morgan fingerprint density at radius 3 is 2.35 bits per heavy atom. The Morgan fingerprint density at radius 2 is 1.94 bits per heavy atom. The summed E-state index contributed by atoms with van der Waals surface area (Å²) in [5, 5.41) is 0. The van der Waals surface area contributed by atoms with Gasteiger partial charge in [-0.05, 0) is 45.5 Å². The van der Waals surface area contributed by atoms with E-state index in [2.05, 4.69) is 15.9 Å². The monoisotopic (exact) mass is 301 g/mol. The van der Waals surface area contributed by atoms with Gasteiger partial charge < -0.3 is 5.73 Å². The van der Waals surface area contributed by atoms with Crippen LogP contribution < -0.4 is 5.73 Å². The Kier molecular flexibility index (Phi) is 3.97. The van der Waals surface area contributed by atoms with E-state index in [-0.39, 0.29) is 11.2 Å². The van der Waals surface area contributed by atoms with Gasteiger partial charge in [0, 0.05) is 0 Å². The number of carbonyl (C=O) groups is 1. The second-order valence-corrected chi connectivity index (χ2v) is 6.13. The number of amides is 1. The van der Waals surface area contributed by atoms with Crippen molar-refractivity contribution < 1.29 is 9.18 Å². The summed E-state index contributed by atoms with van der Waals surface area (Å²) in [5.41, 5.74) is 6.23. The van der Waals surface area contributed by atoms with Crippen LogP contribution in [-0.4, -0.2) is 5.91 Å². The Hall–Kier alpha value is -0.900. The maximum Gasteiger partial charge on any atom is 0.225 e. The first kappa shape index (κ1) is 14.2. The van der Waals surface area contributed by atoms with E-state index in [4.69, 9.17) is 5.73 Å². The predicted molar refractivity (Wildman–Crippen MR) is 70.2 cm³/mol. The number of halogens is 2. The Bertz CT molecular complexity index is 451. The van der Waals surface area contributed by atoms with Gasteiger partial charge in [-0.25, -0.2) is 4.39 Å². The van der Waals surface area contributed by atoms with Gasteiger partial charge in [0.05, 0.1) is 10.4 Å². The van der Waals surface area contributed by atoms with E-state index in [0.29, 0.717) is 15.6 Å². The van der Waals surface area contributed by atoms with Gasteiger partial charge in [0.2, 0.25) is 5.91 Å². The van der Waals surface area contributed by atoms with E-state index in [9.17, 15) is 9.18 Å². The van der Waals surface area contributed by atoms with Gasteiger partial charge in [-0.2, -0.15) is 0 Å². The van der Waals surface area contributed by atoms with Crippen LogP contribution in [-0.2, 0) is 4.79 Å². The molecule has 0 heterocycles. The number of hydrogen-bond donors (Lipinski definition) is 1. The van der Waals surface area contributed by atoms with Gasteiger partial charge in [0.25, 0.3) is 0 Å². The molecule has 0 aliphatic heterocycles. The van der Waals surface area contributed by atoms with Gasteiger partial charge >= 0.3 is 0 Å². The molecule has 0 aromatic heterocycles. The van der Waals surface area contributed by atoms with Crippen molar-refractivity contribution in [2.24, 2.45) is 11.1 Å². The lowest BCUT2D eigenvalue weighted by molar-refractivity contribution is -0.121. The maximum atomic E-state index is 13.8. The molecule has 0 radical (unpaired) electrons. The van der Waals surface area contributed by atoms with Gasteiger partial charge in [-0.1, -0.05) is 26.8 Å². The van der Waals surface area contributed by atoms with Crippen molar-refractivity contribution in [2.45, 2.75) is 33.6 Å². The summed E-state index contributed by atoms with van der Waals surface area (Å²) >= 11 is 3.13. The molecule has 1 atom stereocenters. The molecule has 1 amide bonds. The summed E-state index contributed by atoms with van der Waals surface area (Å²) in [4.78, 5) is 11.6. The lowest BCUT2D eigenvalue weighted by Gasteiger charge is -2.29. The van der Waals surface area contributed by atoms with Crippen LogP contribution in [0.1, 0.15) is 37.8 Å².